The summed E-state index contributed by atoms with van der Waals surface area (Å²) in [5.41, 5.74) is 0.461. The van der Waals surface area contributed by atoms with E-state index in [-0.39, 0.29) is 0 Å². The smallest absolute Gasteiger partial charge is 0.00438 e. The summed E-state index contributed by atoms with van der Waals surface area (Å²) >= 11 is 0. The molecule has 15 heavy (non-hydrogen) atoms. The largest absolute Gasteiger partial charge is 0.314 e. The van der Waals surface area contributed by atoms with E-state index in [4.69, 9.17) is 0 Å². The molecule has 0 aromatic heterocycles. The third-order valence-corrected chi connectivity index (χ3v) is 2.86. The van der Waals surface area contributed by atoms with Gasteiger partial charge in [0.15, 0.2) is 0 Å². The average Bonchev–Trinajstić information content (AvgIpc) is 2.14. The number of hydrogen-bond acceptors (Lipinski definition) is 1. The van der Waals surface area contributed by atoms with E-state index in [9.17, 15) is 0 Å². The monoisotopic (exact) mass is 211 g/mol. The fourth-order valence-corrected chi connectivity index (χ4v) is 2.12. The summed E-state index contributed by atoms with van der Waals surface area (Å²) in [6.07, 6.45) is 8.24. The summed E-state index contributed by atoms with van der Waals surface area (Å²) in [5, 5.41) is 3.56. The van der Waals surface area contributed by atoms with E-state index < -0.39 is 0 Å². The number of unbranched alkanes of at least 4 members (excludes halogenated alkanes) is 1. The Hall–Kier alpha value is -0.300. The van der Waals surface area contributed by atoms with Crippen LogP contribution in [0, 0.1) is 5.41 Å². The molecule has 0 aliphatic heterocycles. The van der Waals surface area contributed by atoms with Gasteiger partial charge in [0.05, 0.1) is 0 Å². The van der Waals surface area contributed by atoms with E-state index in [1.807, 2.05) is 6.08 Å². The van der Waals surface area contributed by atoms with E-state index in [2.05, 4.69) is 39.6 Å². The van der Waals surface area contributed by atoms with E-state index in [1.165, 1.54) is 25.7 Å². The lowest BCUT2D eigenvalue weighted by Gasteiger charge is -2.28. The first-order valence-electron chi connectivity index (χ1n) is 6.36. The molecule has 90 valence electrons. The Kier molecular flexibility index (Phi) is 7.76. The molecular formula is C14H29N. The van der Waals surface area contributed by atoms with Crippen LogP contribution >= 0.6 is 0 Å². The van der Waals surface area contributed by atoms with Gasteiger partial charge >= 0.3 is 0 Å². The summed E-state index contributed by atoms with van der Waals surface area (Å²) in [5.74, 6) is 0. The topological polar surface area (TPSA) is 12.0 Å². The zero-order chi connectivity index (χ0) is 11.7. The minimum Gasteiger partial charge on any atom is -0.314 e. The Bertz CT molecular complexity index is 161. The second kappa shape index (κ2) is 7.92. The fourth-order valence-electron chi connectivity index (χ4n) is 2.12. The summed E-state index contributed by atoms with van der Waals surface area (Å²) < 4.78 is 0. The minimum absolute atomic E-state index is 0.461. The van der Waals surface area contributed by atoms with Crippen LogP contribution in [0.5, 0.6) is 0 Å². The lowest BCUT2D eigenvalue weighted by molar-refractivity contribution is 0.263. The molecule has 0 spiro atoms. The van der Waals surface area contributed by atoms with Crippen molar-refractivity contribution in [2.24, 2.45) is 5.41 Å². The molecule has 0 fully saturated rings. The van der Waals surface area contributed by atoms with Crippen molar-refractivity contribution in [3.8, 4) is 0 Å². The zero-order valence-electron chi connectivity index (χ0n) is 11.1. The first-order chi connectivity index (χ1) is 7.02. The maximum absolute atomic E-state index is 3.77. The fraction of sp³-hybridized carbons (Fsp3) is 0.857. The van der Waals surface area contributed by atoms with Crippen molar-refractivity contribution in [2.45, 2.75) is 65.8 Å². The average molecular weight is 211 g/mol. The molecule has 0 saturated heterocycles. The normalized spacial score (nSPS) is 13.9. The standard InChI is InChI=1S/C14H29N/c1-6-8-9-10-14(4,5)12-13(3)15-11-7-2/h6,13,15H,1,7-12H2,2-5H3. The number of rotatable bonds is 9. The van der Waals surface area contributed by atoms with Crippen LogP contribution in [0.3, 0.4) is 0 Å². The lowest BCUT2D eigenvalue weighted by atomic mass is 9.81. The first-order valence-corrected chi connectivity index (χ1v) is 6.36. The quantitative estimate of drug-likeness (QED) is 0.446. The molecule has 0 rings (SSSR count). The molecule has 0 saturated carbocycles. The molecule has 1 nitrogen and oxygen atoms in total. The van der Waals surface area contributed by atoms with Gasteiger partial charge in [-0.25, -0.2) is 0 Å². The molecular weight excluding hydrogens is 182 g/mol. The molecule has 0 amide bonds. The predicted octanol–water partition coefficient (Wildman–Crippen LogP) is 4.15. The van der Waals surface area contributed by atoms with Crippen LogP contribution in [0.25, 0.3) is 0 Å². The van der Waals surface area contributed by atoms with Crippen LogP contribution in [-0.4, -0.2) is 12.6 Å². The van der Waals surface area contributed by atoms with Crippen LogP contribution < -0.4 is 5.32 Å². The highest BCUT2D eigenvalue weighted by molar-refractivity contribution is 4.77. The number of nitrogens with one attached hydrogen (secondary N) is 1. The molecule has 0 aliphatic rings. The van der Waals surface area contributed by atoms with Gasteiger partial charge in [-0.1, -0.05) is 26.8 Å². The van der Waals surface area contributed by atoms with Crippen LogP contribution in [0.1, 0.15) is 59.8 Å². The molecule has 1 N–H and O–H groups in total. The Labute approximate surface area is 96.3 Å². The third kappa shape index (κ3) is 8.68. The molecule has 0 aromatic rings. The van der Waals surface area contributed by atoms with Gasteiger partial charge in [0.2, 0.25) is 0 Å². The zero-order valence-corrected chi connectivity index (χ0v) is 11.1. The Morgan fingerprint density at radius 1 is 1.40 bits per heavy atom. The maximum atomic E-state index is 3.77. The van der Waals surface area contributed by atoms with Crippen LogP contribution in [0.2, 0.25) is 0 Å². The van der Waals surface area contributed by atoms with Gasteiger partial charge in [-0.05, 0) is 51.0 Å². The van der Waals surface area contributed by atoms with E-state index in [0.717, 1.165) is 13.0 Å². The summed E-state index contributed by atoms with van der Waals surface area (Å²) in [6.45, 7) is 14.2. The van der Waals surface area contributed by atoms with Crippen LogP contribution in [-0.2, 0) is 0 Å². The van der Waals surface area contributed by atoms with Crippen LogP contribution in [0.15, 0.2) is 12.7 Å². The number of hydrogen-bond donors (Lipinski definition) is 1. The molecule has 1 atom stereocenters. The van der Waals surface area contributed by atoms with E-state index >= 15 is 0 Å². The van der Waals surface area contributed by atoms with Gasteiger partial charge in [0.25, 0.3) is 0 Å². The van der Waals surface area contributed by atoms with Gasteiger partial charge in [-0.15, -0.1) is 6.58 Å². The van der Waals surface area contributed by atoms with Gasteiger partial charge in [-0.2, -0.15) is 0 Å². The van der Waals surface area contributed by atoms with Crippen molar-refractivity contribution < 1.29 is 0 Å². The summed E-state index contributed by atoms with van der Waals surface area (Å²) in [6, 6.07) is 0.642. The van der Waals surface area contributed by atoms with Gasteiger partial charge in [0, 0.05) is 6.04 Å². The molecule has 0 aromatic carbocycles. The third-order valence-electron chi connectivity index (χ3n) is 2.86. The highest BCUT2D eigenvalue weighted by Crippen LogP contribution is 2.28. The molecule has 1 unspecified atom stereocenters. The summed E-state index contributed by atoms with van der Waals surface area (Å²) in [7, 11) is 0. The number of allylic oxidation sites excluding steroid dienone is 1. The predicted molar refractivity (Wildman–Crippen MR) is 70.2 cm³/mol. The highest BCUT2D eigenvalue weighted by Gasteiger charge is 2.19. The summed E-state index contributed by atoms with van der Waals surface area (Å²) in [4.78, 5) is 0. The van der Waals surface area contributed by atoms with E-state index in [1.54, 1.807) is 0 Å². The SMILES string of the molecule is C=CCCCC(C)(C)CC(C)NCCC. The lowest BCUT2D eigenvalue weighted by Crippen LogP contribution is -2.31. The van der Waals surface area contributed by atoms with Gasteiger partial charge in [0.1, 0.15) is 0 Å². The minimum atomic E-state index is 0.461. The molecule has 0 heterocycles. The Morgan fingerprint density at radius 3 is 2.60 bits per heavy atom. The molecule has 0 bridgehead atoms. The van der Waals surface area contributed by atoms with Crippen molar-refractivity contribution in [1.29, 1.82) is 0 Å². The Balaban J connectivity index is 3.74. The maximum Gasteiger partial charge on any atom is 0.00438 e. The molecule has 0 aliphatic carbocycles. The molecule has 0 radical (unpaired) electrons. The highest BCUT2D eigenvalue weighted by atomic mass is 14.9. The van der Waals surface area contributed by atoms with Gasteiger partial charge < -0.3 is 5.32 Å². The first kappa shape index (κ1) is 14.7. The van der Waals surface area contributed by atoms with Crippen molar-refractivity contribution in [2.75, 3.05) is 6.54 Å². The second-order valence-corrected chi connectivity index (χ2v) is 5.40. The molecule has 1 heteroatoms. The van der Waals surface area contributed by atoms with Crippen LogP contribution in [0.4, 0.5) is 0 Å². The van der Waals surface area contributed by atoms with Crippen molar-refractivity contribution >= 4 is 0 Å². The van der Waals surface area contributed by atoms with E-state index in [0.29, 0.717) is 11.5 Å². The second-order valence-electron chi connectivity index (χ2n) is 5.40. The van der Waals surface area contributed by atoms with Crippen molar-refractivity contribution in [3.63, 3.8) is 0 Å². The Morgan fingerprint density at radius 2 is 2.07 bits per heavy atom. The van der Waals surface area contributed by atoms with Crippen molar-refractivity contribution in [3.05, 3.63) is 12.7 Å². The van der Waals surface area contributed by atoms with Crippen molar-refractivity contribution in [1.82, 2.24) is 5.32 Å². The van der Waals surface area contributed by atoms with Gasteiger partial charge in [-0.3, -0.25) is 0 Å².